The molecule has 1 amide bonds. The van der Waals surface area contributed by atoms with Gasteiger partial charge in [-0.3, -0.25) is 4.79 Å². The smallest absolute Gasteiger partial charge is 0.229 e. The lowest BCUT2D eigenvalue weighted by molar-refractivity contribution is -0.115. The molecule has 88 valence electrons. The summed E-state index contributed by atoms with van der Waals surface area (Å²) < 4.78 is 0. The number of nitrogens with one attached hydrogen (secondary N) is 1. The fourth-order valence-electron chi connectivity index (χ4n) is 1.22. The normalized spacial score (nSPS) is 10.2. The fraction of sp³-hybridized carbons (Fsp3) is 0.100. The van der Waals surface area contributed by atoms with Gasteiger partial charge in [-0.05, 0) is 34.0 Å². The quantitative estimate of drug-likeness (QED) is 0.697. The predicted molar refractivity (Wildman–Crippen MR) is 68.7 cm³/mol. The number of anilines is 1. The summed E-state index contributed by atoms with van der Waals surface area (Å²) >= 11 is 12.9. The van der Waals surface area contributed by atoms with Crippen molar-refractivity contribution in [3.05, 3.63) is 38.9 Å². The number of hydrogen-bond donors (Lipinski definition) is 1. The molecule has 2 aromatic rings. The van der Waals surface area contributed by atoms with E-state index in [4.69, 9.17) is 23.2 Å². The maximum absolute atomic E-state index is 11.6. The van der Waals surface area contributed by atoms with Crippen molar-refractivity contribution in [2.75, 3.05) is 5.32 Å². The highest BCUT2D eigenvalue weighted by Crippen LogP contribution is 2.15. The van der Waals surface area contributed by atoms with Crippen molar-refractivity contribution >= 4 is 46.3 Å². The molecule has 2 rings (SSSR count). The van der Waals surface area contributed by atoms with Crippen molar-refractivity contribution in [3.63, 3.8) is 0 Å². The molecule has 0 atom stereocenters. The largest absolute Gasteiger partial charge is 0.310 e. The van der Waals surface area contributed by atoms with Gasteiger partial charge in [0.2, 0.25) is 11.2 Å². The molecule has 0 aromatic carbocycles. The Bertz CT molecular complexity index is 510. The van der Waals surface area contributed by atoms with Crippen LogP contribution in [0.15, 0.2) is 22.9 Å². The SMILES string of the molecule is O=C(Cc1ccsc1)Nc1cc(Cl)nc(Cl)n1. The Hall–Kier alpha value is -1.17. The van der Waals surface area contributed by atoms with Gasteiger partial charge in [0.1, 0.15) is 11.0 Å². The van der Waals surface area contributed by atoms with E-state index in [0.29, 0.717) is 12.2 Å². The first-order chi connectivity index (χ1) is 8.13. The maximum atomic E-state index is 11.6. The third-order valence-corrected chi connectivity index (χ3v) is 2.97. The van der Waals surface area contributed by atoms with Gasteiger partial charge in [0.15, 0.2) is 0 Å². The molecular formula is C10H7Cl2N3OS. The number of halogens is 2. The highest BCUT2D eigenvalue weighted by atomic mass is 35.5. The molecule has 4 nitrogen and oxygen atoms in total. The molecule has 0 bridgehead atoms. The Kier molecular flexibility index (Phi) is 3.93. The molecule has 0 aliphatic rings. The fourth-order valence-corrected chi connectivity index (χ4v) is 2.30. The highest BCUT2D eigenvalue weighted by Gasteiger charge is 2.07. The number of rotatable bonds is 3. The standard InChI is InChI=1S/C10H7Cl2N3OS/c11-7-4-8(15-10(12)13-7)14-9(16)3-6-1-2-17-5-6/h1-2,4-5H,3H2,(H,13,14,15,16). The third-order valence-electron chi connectivity index (χ3n) is 1.88. The first-order valence-corrected chi connectivity index (χ1v) is 6.34. The van der Waals surface area contributed by atoms with E-state index in [-0.39, 0.29) is 16.3 Å². The van der Waals surface area contributed by atoms with Crippen molar-refractivity contribution in [3.8, 4) is 0 Å². The van der Waals surface area contributed by atoms with Crippen LogP contribution in [0.1, 0.15) is 5.56 Å². The molecule has 0 aliphatic carbocycles. The van der Waals surface area contributed by atoms with Gasteiger partial charge in [-0.1, -0.05) is 11.6 Å². The topological polar surface area (TPSA) is 54.9 Å². The van der Waals surface area contributed by atoms with Crippen molar-refractivity contribution in [2.24, 2.45) is 0 Å². The number of aromatic nitrogens is 2. The maximum Gasteiger partial charge on any atom is 0.229 e. The molecule has 0 radical (unpaired) electrons. The Morgan fingerprint density at radius 2 is 2.24 bits per heavy atom. The number of amides is 1. The average Bonchev–Trinajstić information content (AvgIpc) is 2.67. The molecular weight excluding hydrogens is 281 g/mol. The van der Waals surface area contributed by atoms with Gasteiger partial charge < -0.3 is 5.32 Å². The lowest BCUT2D eigenvalue weighted by Crippen LogP contribution is -2.15. The van der Waals surface area contributed by atoms with Crippen LogP contribution in [0.25, 0.3) is 0 Å². The number of hydrogen-bond acceptors (Lipinski definition) is 4. The van der Waals surface area contributed by atoms with Crippen molar-refractivity contribution in [1.82, 2.24) is 9.97 Å². The molecule has 0 aliphatic heterocycles. The van der Waals surface area contributed by atoms with Gasteiger partial charge in [-0.2, -0.15) is 11.3 Å². The summed E-state index contributed by atoms with van der Waals surface area (Å²) in [5, 5.41) is 6.64. The van der Waals surface area contributed by atoms with E-state index < -0.39 is 0 Å². The molecule has 1 N–H and O–H groups in total. The summed E-state index contributed by atoms with van der Waals surface area (Å²) in [6.07, 6.45) is 0.294. The molecule has 0 fully saturated rings. The molecule has 7 heteroatoms. The van der Waals surface area contributed by atoms with Crippen LogP contribution in [0, 0.1) is 0 Å². The van der Waals surface area contributed by atoms with Crippen LogP contribution in [0.3, 0.4) is 0 Å². The Labute approximate surface area is 112 Å². The van der Waals surface area contributed by atoms with Crippen LogP contribution < -0.4 is 5.32 Å². The monoisotopic (exact) mass is 287 g/mol. The van der Waals surface area contributed by atoms with E-state index in [1.807, 2.05) is 16.8 Å². The minimum Gasteiger partial charge on any atom is -0.310 e. The minimum atomic E-state index is -0.172. The van der Waals surface area contributed by atoms with Crippen LogP contribution in [-0.2, 0) is 11.2 Å². The van der Waals surface area contributed by atoms with Gasteiger partial charge in [0.05, 0.1) is 6.42 Å². The van der Waals surface area contributed by atoms with Crippen LogP contribution in [0.4, 0.5) is 5.82 Å². The zero-order valence-electron chi connectivity index (χ0n) is 8.48. The van der Waals surface area contributed by atoms with Gasteiger partial charge in [-0.15, -0.1) is 0 Å². The van der Waals surface area contributed by atoms with E-state index in [0.717, 1.165) is 5.56 Å². The second kappa shape index (κ2) is 5.44. The molecule has 0 saturated heterocycles. The molecule has 0 unspecified atom stereocenters. The van der Waals surface area contributed by atoms with Gasteiger partial charge >= 0.3 is 0 Å². The number of carbonyl (C=O) groups excluding carboxylic acids is 1. The molecule has 2 aromatic heterocycles. The third kappa shape index (κ3) is 3.66. The van der Waals surface area contributed by atoms with Crippen LogP contribution in [-0.4, -0.2) is 15.9 Å². The Morgan fingerprint density at radius 3 is 2.88 bits per heavy atom. The number of nitrogens with zero attached hydrogens (tertiary/aromatic N) is 2. The summed E-state index contributed by atoms with van der Waals surface area (Å²) in [7, 11) is 0. The van der Waals surface area contributed by atoms with Crippen molar-refractivity contribution < 1.29 is 4.79 Å². The van der Waals surface area contributed by atoms with E-state index in [2.05, 4.69) is 15.3 Å². The summed E-state index contributed by atoms with van der Waals surface area (Å²) in [5.74, 6) is 0.129. The molecule has 0 spiro atoms. The summed E-state index contributed by atoms with van der Waals surface area (Å²) in [5.41, 5.74) is 0.957. The second-order valence-corrected chi connectivity index (χ2v) is 4.71. The number of carbonyl (C=O) groups is 1. The molecule has 17 heavy (non-hydrogen) atoms. The molecule has 2 heterocycles. The van der Waals surface area contributed by atoms with Crippen LogP contribution in [0.5, 0.6) is 0 Å². The Balaban J connectivity index is 2.03. The summed E-state index contributed by atoms with van der Waals surface area (Å²) in [6, 6.07) is 3.34. The lowest BCUT2D eigenvalue weighted by Gasteiger charge is -2.03. The van der Waals surface area contributed by atoms with Gasteiger partial charge in [0.25, 0.3) is 0 Å². The number of thiophene rings is 1. The van der Waals surface area contributed by atoms with Gasteiger partial charge in [0, 0.05) is 6.07 Å². The second-order valence-electron chi connectivity index (χ2n) is 3.20. The first-order valence-electron chi connectivity index (χ1n) is 4.64. The zero-order chi connectivity index (χ0) is 12.3. The summed E-state index contributed by atoms with van der Waals surface area (Å²) in [4.78, 5) is 19.2. The van der Waals surface area contributed by atoms with Gasteiger partial charge in [-0.25, -0.2) is 9.97 Å². The minimum absolute atomic E-state index is 0.00309. The van der Waals surface area contributed by atoms with E-state index in [1.165, 1.54) is 6.07 Å². The van der Waals surface area contributed by atoms with E-state index in [9.17, 15) is 4.79 Å². The Morgan fingerprint density at radius 1 is 1.41 bits per heavy atom. The first kappa shape index (κ1) is 12.3. The van der Waals surface area contributed by atoms with Crippen LogP contribution in [0.2, 0.25) is 10.4 Å². The predicted octanol–water partition coefficient (Wildman–Crippen LogP) is 3.03. The summed E-state index contributed by atoms with van der Waals surface area (Å²) in [6.45, 7) is 0. The van der Waals surface area contributed by atoms with E-state index in [1.54, 1.807) is 11.3 Å². The molecule has 0 saturated carbocycles. The van der Waals surface area contributed by atoms with E-state index >= 15 is 0 Å². The van der Waals surface area contributed by atoms with Crippen molar-refractivity contribution in [1.29, 1.82) is 0 Å². The highest BCUT2D eigenvalue weighted by molar-refractivity contribution is 7.08. The average molecular weight is 288 g/mol. The lowest BCUT2D eigenvalue weighted by atomic mass is 10.2. The van der Waals surface area contributed by atoms with Crippen LogP contribution >= 0.6 is 34.5 Å². The van der Waals surface area contributed by atoms with Crippen molar-refractivity contribution in [2.45, 2.75) is 6.42 Å². The zero-order valence-corrected chi connectivity index (χ0v) is 10.8.